The number of thiazole rings is 1. The first-order chi connectivity index (χ1) is 7.88. The topological polar surface area (TPSA) is 34.1 Å². The monoisotopic (exact) mass is 238 g/mol. The SMILES string of the molecule is C=CCCc1csc(NC2CCOCC2)n1. The van der Waals surface area contributed by atoms with E-state index in [1.165, 1.54) is 5.69 Å². The Hall–Kier alpha value is -0.870. The molecule has 16 heavy (non-hydrogen) atoms. The molecule has 0 radical (unpaired) electrons. The van der Waals surface area contributed by atoms with Crippen LogP contribution in [0.3, 0.4) is 0 Å². The van der Waals surface area contributed by atoms with Crippen LogP contribution in [0.1, 0.15) is 25.0 Å². The lowest BCUT2D eigenvalue weighted by atomic mass is 10.1. The van der Waals surface area contributed by atoms with Gasteiger partial charge in [-0.15, -0.1) is 17.9 Å². The van der Waals surface area contributed by atoms with Gasteiger partial charge in [0.25, 0.3) is 0 Å². The largest absolute Gasteiger partial charge is 0.381 e. The Balaban J connectivity index is 1.83. The van der Waals surface area contributed by atoms with Crippen LogP contribution in [0.4, 0.5) is 5.13 Å². The molecule has 0 spiro atoms. The Morgan fingerprint density at radius 1 is 1.56 bits per heavy atom. The summed E-state index contributed by atoms with van der Waals surface area (Å²) in [5.41, 5.74) is 1.17. The van der Waals surface area contributed by atoms with Crippen molar-refractivity contribution in [2.45, 2.75) is 31.7 Å². The van der Waals surface area contributed by atoms with Gasteiger partial charge in [0.2, 0.25) is 0 Å². The minimum absolute atomic E-state index is 0.534. The lowest BCUT2D eigenvalue weighted by Gasteiger charge is -2.22. The van der Waals surface area contributed by atoms with Crippen molar-refractivity contribution in [3.8, 4) is 0 Å². The maximum Gasteiger partial charge on any atom is 0.183 e. The molecule has 1 N–H and O–H groups in total. The van der Waals surface area contributed by atoms with Gasteiger partial charge in [0.05, 0.1) is 5.69 Å². The summed E-state index contributed by atoms with van der Waals surface area (Å²) in [6.07, 6.45) is 6.10. The Morgan fingerprint density at radius 3 is 3.12 bits per heavy atom. The fraction of sp³-hybridized carbons (Fsp3) is 0.583. The second-order valence-electron chi connectivity index (χ2n) is 4.00. The number of allylic oxidation sites excluding steroid dienone is 1. The van der Waals surface area contributed by atoms with Crippen molar-refractivity contribution in [1.29, 1.82) is 0 Å². The Bertz CT molecular complexity index is 332. The summed E-state index contributed by atoms with van der Waals surface area (Å²) in [6.45, 7) is 5.46. The van der Waals surface area contributed by atoms with Crippen molar-refractivity contribution in [2.24, 2.45) is 0 Å². The van der Waals surface area contributed by atoms with Gasteiger partial charge in [-0.3, -0.25) is 0 Å². The molecule has 1 saturated heterocycles. The molecular formula is C12H18N2OS. The van der Waals surface area contributed by atoms with Crippen molar-refractivity contribution in [2.75, 3.05) is 18.5 Å². The van der Waals surface area contributed by atoms with E-state index in [9.17, 15) is 0 Å². The molecule has 1 fully saturated rings. The third-order valence-electron chi connectivity index (χ3n) is 2.71. The number of hydrogen-bond acceptors (Lipinski definition) is 4. The molecule has 1 aliphatic heterocycles. The molecular weight excluding hydrogens is 220 g/mol. The Kier molecular flexibility index (Phi) is 4.36. The molecule has 0 atom stereocenters. The zero-order chi connectivity index (χ0) is 11.2. The molecule has 0 unspecified atom stereocenters. The van der Waals surface area contributed by atoms with E-state index in [4.69, 9.17) is 4.74 Å². The second-order valence-corrected chi connectivity index (χ2v) is 4.86. The van der Waals surface area contributed by atoms with Crippen LogP contribution in [0, 0.1) is 0 Å². The lowest BCUT2D eigenvalue weighted by Crippen LogP contribution is -2.27. The fourth-order valence-electron chi connectivity index (χ4n) is 1.75. The first-order valence-electron chi connectivity index (χ1n) is 5.78. The molecule has 0 aliphatic carbocycles. The van der Waals surface area contributed by atoms with Crippen molar-refractivity contribution < 1.29 is 4.74 Å². The molecule has 3 nitrogen and oxygen atoms in total. The van der Waals surface area contributed by atoms with Crippen molar-refractivity contribution in [3.63, 3.8) is 0 Å². The number of ether oxygens (including phenoxy) is 1. The zero-order valence-electron chi connectivity index (χ0n) is 9.45. The van der Waals surface area contributed by atoms with Gasteiger partial charge < -0.3 is 10.1 Å². The summed E-state index contributed by atoms with van der Waals surface area (Å²) in [6, 6.07) is 0.534. The quantitative estimate of drug-likeness (QED) is 0.801. The molecule has 0 aromatic carbocycles. The first-order valence-corrected chi connectivity index (χ1v) is 6.66. The van der Waals surface area contributed by atoms with Gasteiger partial charge in [0.1, 0.15) is 0 Å². The summed E-state index contributed by atoms with van der Waals surface area (Å²) in [7, 11) is 0. The smallest absolute Gasteiger partial charge is 0.183 e. The maximum atomic E-state index is 5.33. The van der Waals surface area contributed by atoms with E-state index in [1.807, 2.05) is 6.08 Å². The number of anilines is 1. The van der Waals surface area contributed by atoms with Crippen LogP contribution in [-0.4, -0.2) is 24.2 Å². The van der Waals surface area contributed by atoms with E-state index >= 15 is 0 Å². The van der Waals surface area contributed by atoms with E-state index in [1.54, 1.807) is 11.3 Å². The summed E-state index contributed by atoms with van der Waals surface area (Å²) < 4.78 is 5.33. The van der Waals surface area contributed by atoms with Gasteiger partial charge in [-0.2, -0.15) is 0 Å². The molecule has 2 heterocycles. The standard InChI is InChI=1S/C12H18N2OS/c1-2-3-4-11-9-16-12(14-11)13-10-5-7-15-8-6-10/h2,9-10H,1,3-8H2,(H,13,14). The van der Waals surface area contributed by atoms with Crippen LogP contribution in [0.15, 0.2) is 18.0 Å². The van der Waals surface area contributed by atoms with Crippen LogP contribution in [0.2, 0.25) is 0 Å². The molecule has 4 heteroatoms. The number of aromatic nitrogens is 1. The van der Waals surface area contributed by atoms with Gasteiger partial charge in [0, 0.05) is 24.6 Å². The van der Waals surface area contributed by atoms with E-state index in [2.05, 4.69) is 22.3 Å². The van der Waals surface area contributed by atoms with E-state index in [-0.39, 0.29) is 0 Å². The van der Waals surface area contributed by atoms with Crippen LogP contribution in [-0.2, 0) is 11.2 Å². The van der Waals surface area contributed by atoms with Gasteiger partial charge >= 0.3 is 0 Å². The number of nitrogens with zero attached hydrogens (tertiary/aromatic N) is 1. The van der Waals surface area contributed by atoms with Gasteiger partial charge in [0.15, 0.2) is 5.13 Å². The van der Waals surface area contributed by atoms with Crippen molar-refractivity contribution in [3.05, 3.63) is 23.7 Å². The molecule has 1 aromatic rings. The van der Waals surface area contributed by atoms with Crippen molar-refractivity contribution in [1.82, 2.24) is 4.98 Å². The minimum Gasteiger partial charge on any atom is -0.381 e. The molecule has 1 aliphatic rings. The third-order valence-corrected chi connectivity index (χ3v) is 3.53. The number of nitrogens with one attached hydrogen (secondary N) is 1. The average Bonchev–Trinajstić information content (AvgIpc) is 2.75. The van der Waals surface area contributed by atoms with E-state index < -0.39 is 0 Å². The molecule has 0 bridgehead atoms. The van der Waals surface area contributed by atoms with Crippen LogP contribution < -0.4 is 5.32 Å². The molecule has 2 rings (SSSR count). The molecule has 88 valence electrons. The highest BCUT2D eigenvalue weighted by atomic mass is 32.1. The number of hydrogen-bond donors (Lipinski definition) is 1. The Labute approximate surface area is 101 Å². The highest BCUT2D eigenvalue weighted by Crippen LogP contribution is 2.20. The molecule has 1 aromatic heterocycles. The highest BCUT2D eigenvalue weighted by molar-refractivity contribution is 7.13. The predicted molar refractivity (Wildman–Crippen MR) is 68.1 cm³/mol. The second kappa shape index (κ2) is 6.01. The normalized spacial score (nSPS) is 17.2. The predicted octanol–water partition coefficient (Wildman–Crippen LogP) is 2.85. The van der Waals surface area contributed by atoms with Crippen LogP contribution >= 0.6 is 11.3 Å². The van der Waals surface area contributed by atoms with Crippen molar-refractivity contribution >= 4 is 16.5 Å². The average molecular weight is 238 g/mol. The van der Waals surface area contributed by atoms with E-state index in [0.717, 1.165) is 44.0 Å². The maximum absolute atomic E-state index is 5.33. The third kappa shape index (κ3) is 3.32. The zero-order valence-corrected chi connectivity index (χ0v) is 10.3. The van der Waals surface area contributed by atoms with Gasteiger partial charge in [-0.05, 0) is 25.7 Å². The first kappa shape index (κ1) is 11.6. The molecule has 0 saturated carbocycles. The highest BCUT2D eigenvalue weighted by Gasteiger charge is 2.14. The summed E-state index contributed by atoms with van der Waals surface area (Å²) in [4.78, 5) is 4.56. The molecule has 0 amide bonds. The van der Waals surface area contributed by atoms with Crippen LogP contribution in [0.5, 0.6) is 0 Å². The Morgan fingerprint density at radius 2 is 2.38 bits per heavy atom. The number of rotatable bonds is 5. The summed E-state index contributed by atoms with van der Waals surface area (Å²) in [5, 5.41) is 6.66. The van der Waals surface area contributed by atoms with E-state index in [0.29, 0.717) is 6.04 Å². The summed E-state index contributed by atoms with van der Waals surface area (Å²) >= 11 is 1.70. The van der Waals surface area contributed by atoms with Gasteiger partial charge in [-0.25, -0.2) is 4.98 Å². The lowest BCUT2D eigenvalue weighted by molar-refractivity contribution is 0.0904. The van der Waals surface area contributed by atoms with Crippen LogP contribution in [0.25, 0.3) is 0 Å². The number of aryl methyl sites for hydroxylation is 1. The fourth-order valence-corrected chi connectivity index (χ4v) is 2.58. The summed E-state index contributed by atoms with van der Waals surface area (Å²) in [5.74, 6) is 0. The minimum atomic E-state index is 0.534. The van der Waals surface area contributed by atoms with Gasteiger partial charge in [-0.1, -0.05) is 6.08 Å².